The molecule has 0 amide bonds. The molecule has 1 aromatic rings. The van der Waals surface area contributed by atoms with Gasteiger partial charge in [-0.05, 0) is 46.9 Å². The number of hydrogen-bond donors (Lipinski definition) is 0. The summed E-state index contributed by atoms with van der Waals surface area (Å²) in [5.74, 6) is -0.675. The molecule has 0 aliphatic rings. The number of alkyl halides is 3. The first-order chi connectivity index (χ1) is 6.29. The fourth-order valence-electron chi connectivity index (χ4n) is 0.742. The third-order valence-corrected chi connectivity index (χ3v) is 1.97. The van der Waals surface area contributed by atoms with Crippen molar-refractivity contribution in [3.63, 3.8) is 0 Å². The molecule has 0 aliphatic carbocycles. The van der Waals surface area contributed by atoms with Crippen LogP contribution in [0.15, 0.2) is 12.1 Å². The highest BCUT2D eigenvalue weighted by atomic mass is 35.6. The van der Waals surface area contributed by atoms with Crippen molar-refractivity contribution in [2.75, 3.05) is 0 Å². The van der Waals surface area contributed by atoms with Gasteiger partial charge in [-0.2, -0.15) is 0 Å². The van der Waals surface area contributed by atoms with E-state index in [-0.39, 0.29) is 15.8 Å². The minimum atomic E-state index is -1.99. The Hall–Kier alpha value is 0.400. The highest BCUT2D eigenvalue weighted by molar-refractivity contribution is 6.66. The topological polar surface area (TPSA) is 9.23 Å². The monoisotopic (exact) mass is 296 g/mol. The van der Waals surface area contributed by atoms with Crippen molar-refractivity contribution in [2.24, 2.45) is 0 Å². The van der Waals surface area contributed by atoms with Gasteiger partial charge in [-0.15, -0.1) is 0 Å². The highest BCUT2D eigenvalue weighted by Gasteiger charge is 2.25. The summed E-state index contributed by atoms with van der Waals surface area (Å²) in [6, 6.07) is 2.00. The van der Waals surface area contributed by atoms with Crippen molar-refractivity contribution in [2.45, 2.75) is 3.98 Å². The van der Waals surface area contributed by atoms with Gasteiger partial charge in [0, 0.05) is 0 Å². The molecule has 0 N–H and O–H groups in total. The van der Waals surface area contributed by atoms with E-state index >= 15 is 0 Å². The molecule has 1 nitrogen and oxygen atoms in total. The van der Waals surface area contributed by atoms with Crippen LogP contribution >= 0.6 is 58.0 Å². The summed E-state index contributed by atoms with van der Waals surface area (Å²) in [5.41, 5.74) is 0. The average Bonchev–Trinajstić information content (AvgIpc) is 1.95. The van der Waals surface area contributed by atoms with Gasteiger partial charge in [-0.3, -0.25) is 0 Å². The standard InChI is InChI=1S/C7H2Cl5FO/c8-4-1-3(13)2-5(9)6(4)14-7(10,11)12/h1-2H. The van der Waals surface area contributed by atoms with Crippen molar-refractivity contribution in [1.82, 2.24) is 0 Å². The highest BCUT2D eigenvalue weighted by Crippen LogP contribution is 2.39. The lowest BCUT2D eigenvalue weighted by molar-refractivity contribution is 0.320. The van der Waals surface area contributed by atoms with Crippen LogP contribution in [0.4, 0.5) is 4.39 Å². The molecular formula is C7H2Cl5FO. The van der Waals surface area contributed by atoms with Gasteiger partial charge in [0.2, 0.25) is 0 Å². The predicted octanol–water partition coefficient (Wildman–Crippen LogP) is 4.84. The van der Waals surface area contributed by atoms with Gasteiger partial charge in [0.25, 0.3) is 0 Å². The van der Waals surface area contributed by atoms with E-state index in [0.717, 1.165) is 12.1 Å². The maximum absolute atomic E-state index is 12.7. The first-order valence-electron chi connectivity index (χ1n) is 3.20. The van der Waals surface area contributed by atoms with Crippen molar-refractivity contribution in [1.29, 1.82) is 0 Å². The molecule has 1 rings (SSSR count). The van der Waals surface area contributed by atoms with Crippen molar-refractivity contribution < 1.29 is 9.13 Å². The van der Waals surface area contributed by atoms with Crippen LogP contribution in [0, 0.1) is 5.82 Å². The molecule has 78 valence electrons. The number of halogens is 6. The maximum atomic E-state index is 12.7. The Morgan fingerprint density at radius 3 is 1.86 bits per heavy atom. The maximum Gasteiger partial charge on any atom is 0.338 e. The molecule has 0 aliphatic heterocycles. The summed E-state index contributed by atoms with van der Waals surface area (Å²) < 4.78 is 15.5. The van der Waals surface area contributed by atoms with Gasteiger partial charge >= 0.3 is 3.98 Å². The second-order valence-corrected chi connectivity index (χ2v) is 5.24. The third kappa shape index (κ3) is 3.52. The minimum absolute atomic E-state index is 0.0682. The summed E-state index contributed by atoms with van der Waals surface area (Å²) in [6.45, 7) is 0. The molecule has 0 spiro atoms. The Morgan fingerprint density at radius 2 is 1.50 bits per heavy atom. The number of hydrogen-bond acceptors (Lipinski definition) is 1. The Bertz CT molecular complexity index is 325. The van der Waals surface area contributed by atoms with Crippen LogP contribution in [-0.2, 0) is 0 Å². The Kier molecular flexibility index (Phi) is 4.01. The van der Waals surface area contributed by atoms with E-state index in [4.69, 9.17) is 62.7 Å². The van der Waals surface area contributed by atoms with E-state index in [0.29, 0.717) is 0 Å². The summed E-state index contributed by atoms with van der Waals surface area (Å²) >= 11 is 27.3. The van der Waals surface area contributed by atoms with Gasteiger partial charge in [-0.1, -0.05) is 23.2 Å². The quantitative estimate of drug-likeness (QED) is 0.674. The molecule has 0 bridgehead atoms. The molecule has 1 aromatic carbocycles. The van der Waals surface area contributed by atoms with E-state index in [9.17, 15) is 4.39 Å². The molecule has 0 atom stereocenters. The molecular weight excluding hydrogens is 296 g/mol. The van der Waals surface area contributed by atoms with Gasteiger partial charge in [0.05, 0.1) is 10.0 Å². The molecule has 0 aromatic heterocycles. The van der Waals surface area contributed by atoms with Gasteiger partial charge in [-0.25, -0.2) is 4.39 Å². The van der Waals surface area contributed by atoms with Crippen LogP contribution in [0.5, 0.6) is 5.75 Å². The third-order valence-electron chi connectivity index (χ3n) is 1.18. The molecule has 0 fully saturated rings. The Morgan fingerprint density at radius 1 is 1.07 bits per heavy atom. The zero-order chi connectivity index (χ0) is 10.9. The number of ether oxygens (including phenoxy) is 1. The smallest absolute Gasteiger partial charge is 0.338 e. The van der Waals surface area contributed by atoms with E-state index in [2.05, 4.69) is 0 Å². The van der Waals surface area contributed by atoms with Crippen molar-refractivity contribution in [3.8, 4) is 5.75 Å². The van der Waals surface area contributed by atoms with Crippen LogP contribution in [0.3, 0.4) is 0 Å². The number of benzene rings is 1. The molecule has 7 heteroatoms. The van der Waals surface area contributed by atoms with Gasteiger partial charge in [0.1, 0.15) is 5.82 Å². The van der Waals surface area contributed by atoms with E-state index in [1.807, 2.05) is 0 Å². The Balaban J connectivity index is 3.09. The van der Waals surface area contributed by atoms with Crippen LogP contribution in [-0.4, -0.2) is 3.98 Å². The lowest BCUT2D eigenvalue weighted by atomic mass is 10.3. The SMILES string of the molecule is Fc1cc(Cl)c(OC(Cl)(Cl)Cl)c(Cl)c1. The first-order valence-corrected chi connectivity index (χ1v) is 5.09. The molecule has 14 heavy (non-hydrogen) atoms. The Labute approximate surface area is 105 Å². The number of rotatable bonds is 1. The lowest BCUT2D eigenvalue weighted by Crippen LogP contribution is -2.13. The van der Waals surface area contributed by atoms with Crippen LogP contribution in [0.2, 0.25) is 10.0 Å². The van der Waals surface area contributed by atoms with Crippen molar-refractivity contribution in [3.05, 3.63) is 28.0 Å². The summed E-state index contributed by atoms with van der Waals surface area (Å²) in [5, 5.41) is -0.136. The molecule has 0 unspecified atom stereocenters. The summed E-state index contributed by atoms with van der Waals surface area (Å²) in [7, 11) is 0. The van der Waals surface area contributed by atoms with Crippen LogP contribution < -0.4 is 4.74 Å². The lowest BCUT2D eigenvalue weighted by Gasteiger charge is -2.15. The fourth-order valence-corrected chi connectivity index (χ4v) is 1.51. The van der Waals surface area contributed by atoms with Crippen LogP contribution in [0.1, 0.15) is 0 Å². The van der Waals surface area contributed by atoms with E-state index in [1.54, 1.807) is 0 Å². The summed E-state index contributed by atoms with van der Waals surface area (Å²) in [4.78, 5) is 0. The van der Waals surface area contributed by atoms with Crippen LogP contribution in [0.25, 0.3) is 0 Å². The zero-order valence-electron chi connectivity index (χ0n) is 6.33. The van der Waals surface area contributed by atoms with Crippen molar-refractivity contribution >= 4 is 58.0 Å². The first kappa shape index (κ1) is 12.5. The normalized spacial score (nSPS) is 11.6. The predicted molar refractivity (Wildman–Crippen MR) is 57.3 cm³/mol. The molecule has 0 radical (unpaired) electrons. The fraction of sp³-hybridized carbons (Fsp3) is 0.143. The second kappa shape index (κ2) is 4.50. The van der Waals surface area contributed by atoms with Gasteiger partial charge in [0.15, 0.2) is 5.75 Å². The van der Waals surface area contributed by atoms with E-state index in [1.165, 1.54) is 0 Å². The van der Waals surface area contributed by atoms with Gasteiger partial charge < -0.3 is 4.74 Å². The molecule has 0 saturated heterocycles. The minimum Gasteiger partial charge on any atom is -0.442 e. The van der Waals surface area contributed by atoms with E-state index < -0.39 is 9.80 Å². The zero-order valence-corrected chi connectivity index (χ0v) is 10.1. The molecule has 0 saturated carbocycles. The summed E-state index contributed by atoms with van der Waals surface area (Å²) in [6.07, 6.45) is 0. The average molecular weight is 298 g/mol. The second-order valence-electron chi connectivity index (χ2n) is 2.25. The largest absolute Gasteiger partial charge is 0.442 e. The molecule has 0 heterocycles.